The molecule has 0 radical (unpaired) electrons. The van der Waals surface area contributed by atoms with Gasteiger partial charge in [0, 0.05) is 17.1 Å². The van der Waals surface area contributed by atoms with Crippen LogP contribution in [-0.4, -0.2) is 31.1 Å². The lowest BCUT2D eigenvalue weighted by atomic mass is 9.93. The van der Waals surface area contributed by atoms with Crippen LogP contribution in [0.5, 0.6) is 0 Å². The molecule has 0 bridgehead atoms. The van der Waals surface area contributed by atoms with E-state index in [0.717, 1.165) is 11.0 Å². The Morgan fingerprint density at radius 2 is 2.00 bits per heavy atom. The summed E-state index contributed by atoms with van der Waals surface area (Å²) in [4.78, 5) is 2.62. The summed E-state index contributed by atoms with van der Waals surface area (Å²) < 4.78 is 1.15. The third-order valence-electron chi connectivity index (χ3n) is 4.40. The Morgan fingerprint density at radius 3 is 2.57 bits per heavy atom. The second kappa shape index (κ2) is 7.75. The van der Waals surface area contributed by atoms with Crippen molar-refractivity contribution in [3.8, 4) is 0 Å². The number of benzene rings is 1. The van der Waals surface area contributed by atoms with Crippen LogP contribution < -0.4 is 5.32 Å². The molecule has 0 spiro atoms. The number of rotatable bonds is 7. The lowest BCUT2D eigenvalue weighted by Gasteiger charge is -2.24. The molecular formula is C18H29BrN2. The van der Waals surface area contributed by atoms with Crippen LogP contribution in [0.4, 0.5) is 0 Å². The summed E-state index contributed by atoms with van der Waals surface area (Å²) in [5.74, 6) is 0. The van der Waals surface area contributed by atoms with Crippen molar-refractivity contribution in [3.63, 3.8) is 0 Å². The maximum atomic E-state index is 3.71. The molecule has 1 fully saturated rings. The molecule has 1 heterocycles. The van der Waals surface area contributed by atoms with Crippen molar-refractivity contribution in [2.24, 2.45) is 5.41 Å². The van der Waals surface area contributed by atoms with E-state index in [4.69, 9.17) is 0 Å². The van der Waals surface area contributed by atoms with Crippen molar-refractivity contribution in [2.75, 3.05) is 26.2 Å². The Kier molecular flexibility index (Phi) is 6.27. The molecule has 1 aromatic rings. The lowest BCUT2D eigenvalue weighted by molar-refractivity contribution is 0.274. The SMILES string of the molecule is CCCNC(CCN1CCC(C)(C)C1)c1ccc(Br)cc1. The van der Waals surface area contributed by atoms with Gasteiger partial charge in [0.05, 0.1) is 0 Å². The van der Waals surface area contributed by atoms with E-state index >= 15 is 0 Å². The van der Waals surface area contributed by atoms with Crippen LogP contribution in [0.1, 0.15) is 51.6 Å². The predicted molar refractivity (Wildman–Crippen MR) is 94.6 cm³/mol. The maximum Gasteiger partial charge on any atom is 0.0332 e. The van der Waals surface area contributed by atoms with Gasteiger partial charge in [0.1, 0.15) is 0 Å². The van der Waals surface area contributed by atoms with Crippen molar-refractivity contribution in [2.45, 2.75) is 46.1 Å². The molecule has 118 valence electrons. The summed E-state index contributed by atoms with van der Waals surface area (Å²) in [7, 11) is 0. The van der Waals surface area contributed by atoms with Gasteiger partial charge in [0.15, 0.2) is 0 Å². The summed E-state index contributed by atoms with van der Waals surface area (Å²) in [5.41, 5.74) is 1.91. The minimum absolute atomic E-state index is 0.474. The van der Waals surface area contributed by atoms with Gasteiger partial charge >= 0.3 is 0 Å². The number of hydrogen-bond donors (Lipinski definition) is 1. The van der Waals surface area contributed by atoms with Gasteiger partial charge in [-0.15, -0.1) is 0 Å². The molecule has 2 nitrogen and oxygen atoms in total. The molecular weight excluding hydrogens is 324 g/mol. The molecule has 1 aromatic carbocycles. The van der Waals surface area contributed by atoms with Gasteiger partial charge in [-0.05, 0) is 62.0 Å². The number of nitrogens with one attached hydrogen (secondary N) is 1. The minimum Gasteiger partial charge on any atom is -0.310 e. The Balaban J connectivity index is 1.92. The summed E-state index contributed by atoms with van der Waals surface area (Å²) in [6.07, 6.45) is 3.71. The van der Waals surface area contributed by atoms with E-state index < -0.39 is 0 Å². The highest BCUT2D eigenvalue weighted by Gasteiger charge is 2.29. The molecule has 0 amide bonds. The first-order chi connectivity index (χ1) is 10.00. The first kappa shape index (κ1) is 17.0. The Bertz CT molecular complexity index is 427. The fourth-order valence-corrected chi connectivity index (χ4v) is 3.39. The van der Waals surface area contributed by atoms with Crippen molar-refractivity contribution in [1.29, 1.82) is 0 Å². The Morgan fingerprint density at radius 1 is 1.29 bits per heavy atom. The van der Waals surface area contributed by atoms with Gasteiger partial charge in [0.2, 0.25) is 0 Å². The van der Waals surface area contributed by atoms with E-state index in [1.165, 1.54) is 44.5 Å². The first-order valence-corrected chi connectivity index (χ1v) is 9.01. The average molecular weight is 353 g/mol. The Hall–Kier alpha value is -0.380. The molecule has 2 rings (SSSR count). The van der Waals surface area contributed by atoms with E-state index in [9.17, 15) is 0 Å². The summed E-state index contributed by atoms with van der Waals surface area (Å²) in [6, 6.07) is 9.25. The fourth-order valence-electron chi connectivity index (χ4n) is 3.13. The number of halogens is 1. The van der Waals surface area contributed by atoms with Crippen molar-refractivity contribution in [3.05, 3.63) is 34.3 Å². The standard InChI is InChI=1S/C18H29BrN2/c1-4-11-20-17(15-5-7-16(19)8-6-15)9-12-21-13-10-18(2,3)14-21/h5-8,17,20H,4,9-14H2,1-3H3. The Labute approximate surface area is 138 Å². The molecule has 0 aliphatic carbocycles. The van der Waals surface area contributed by atoms with E-state index in [1.54, 1.807) is 0 Å². The fraction of sp³-hybridized carbons (Fsp3) is 0.667. The smallest absolute Gasteiger partial charge is 0.0332 e. The molecule has 1 saturated heterocycles. The van der Waals surface area contributed by atoms with Crippen molar-refractivity contribution in [1.82, 2.24) is 10.2 Å². The van der Waals surface area contributed by atoms with Gasteiger partial charge in [0.25, 0.3) is 0 Å². The van der Waals surface area contributed by atoms with Crippen LogP contribution in [0.25, 0.3) is 0 Å². The van der Waals surface area contributed by atoms with Gasteiger partial charge in [-0.25, -0.2) is 0 Å². The molecule has 1 N–H and O–H groups in total. The second-order valence-electron chi connectivity index (χ2n) is 7.04. The first-order valence-electron chi connectivity index (χ1n) is 8.21. The van der Waals surface area contributed by atoms with Gasteiger partial charge in [-0.3, -0.25) is 0 Å². The second-order valence-corrected chi connectivity index (χ2v) is 7.95. The number of likely N-dealkylation sites (tertiary alicyclic amines) is 1. The highest BCUT2D eigenvalue weighted by atomic mass is 79.9. The van der Waals surface area contributed by atoms with Crippen LogP contribution in [0.2, 0.25) is 0 Å². The normalized spacial score (nSPS) is 19.8. The monoisotopic (exact) mass is 352 g/mol. The summed E-state index contributed by atoms with van der Waals surface area (Å²) in [5, 5.41) is 3.71. The van der Waals surface area contributed by atoms with E-state index in [2.05, 4.69) is 71.2 Å². The van der Waals surface area contributed by atoms with Gasteiger partial charge < -0.3 is 10.2 Å². The summed E-state index contributed by atoms with van der Waals surface area (Å²) in [6.45, 7) is 11.8. The topological polar surface area (TPSA) is 15.3 Å². The third kappa shape index (κ3) is 5.39. The molecule has 1 aliphatic heterocycles. The van der Waals surface area contributed by atoms with Crippen LogP contribution in [-0.2, 0) is 0 Å². The van der Waals surface area contributed by atoms with Crippen molar-refractivity contribution >= 4 is 15.9 Å². The van der Waals surface area contributed by atoms with Crippen LogP contribution in [0, 0.1) is 5.41 Å². The third-order valence-corrected chi connectivity index (χ3v) is 4.93. The van der Waals surface area contributed by atoms with E-state index in [-0.39, 0.29) is 0 Å². The van der Waals surface area contributed by atoms with Gasteiger partial charge in [-0.2, -0.15) is 0 Å². The zero-order chi connectivity index (χ0) is 15.3. The lowest BCUT2D eigenvalue weighted by Crippen LogP contribution is -2.29. The van der Waals surface area contributed by atoms with E-state index in [0.29, 0.717) is 11.5 Å². The molecule has 0 aromatic heterocycles. The summed E-state index contributed by atoms with van der Waals surface area (Å²) >= 11 is 3.52. The predicted octanol–water partition coefficient (Wildman–Crippen LogP) is 4.61. The van der Waals surface area contributed by atoms with E-state index in [1.807, 2.05) is 0 Å². The maximum absolute atomic E-state index is 3.71. The molecule has 1 unspecified atom stereocenters. The van der Waals surface area contributed by atoms with Crippen LogP contribution in [0.3, 0.4) is 0 Å². The number of hydrogen-bond acceptors (Lipinski definition) is 2. The zero-order valence-electron chi connectivity index (χ0n) is 13.7. The average Bonchev–Trinajstić information content (AvgIpc) is 2.80. The number of nitrogens with zero attached hydrogens (tertiary/aromatic N) is 1. The highest BCUT2D eigenvalue weighted by molar-refractivity contribution is 9.10. The van der Waals surface area contributed by atoms with Crippen molar-refractivity contribution < 1.29 is 0 Å². The minimum atomic E-state index is 0.474. The molecule has 1 aliphatic rings. The molecule has 0 saturated carbocycles. The quantitative estimate of drug-likeness (QED) is 0.770. The van der Waals surface area contributed by atoms with Gasteiger partial charge in [-0.1, -0.05) is 48.8 Å². The zero-order valence-corrected chi connectivity index (χ0v) is 15.2. The molecule has 1 atom stereocenters. The molecule has 21 heavy (non-hydrogen) atoms. The highest BCUT2D eigenvalue weighted by Crippen LogP contribution is 2.29. The van der Waals surface area contributed by atoms with Crippen LogP contribution >= 0.6 is 15.9 Å². The largest absolute Gasteiger partial charge is 0.310 e. The van der Waals surface area contributed by atoms with Crippen LogP contribution in [0.15, 0.2) is 28.7 Å². The molecule has 3 heteroatoms.